The molecule has 0 aromatic carbocycles. The van der Waals surface area contributed by atoms with E-state index in [2.05, 4.69) is 12.2 Å². The van der Waals surface area contributed by atoms with Gasteiger partial charge < -0.3 is 14.8 Å². The second-order valence-electron chi connectivity index (χ2n) is 4.09. The monoisotopic (exact) mass is 171 g/mol. The van der Waals surface area contributed by atoms with Gasteiger partial charge in [-0.1, -0.05) is 0 Å². The van der Waals surface area contributed by atoms with Crippen LogP contribution in [0.1, 0.15) is 13.3 Å². The van der Waals surface area contributed by atoms with Crippen LogP contribution in [0.3, 0.4) is 0 Å². The molecule has 1 unspecified atom stereocenters. The summed E-state index contributed by atoms with van der Waals surface area (Å²) in [6.07, 6.45) is 1.17. The quantitative estimate of drug-likeness (QED) is 0.667. The number of nitrogens with one attached hydrogen (secondary N) is 1. The third-order valence-electron chi connectivity index (χ3n) is 2.69. The molecule has 2 heterocycles. The van der Waals surface area contributed by atoms with Crippen molar-refractivity contribution >= 4 is 0 Å². The molecule has 70 valence electrons. The maximum absolute atomic E-state index is 5.81. The molecule has 0 saturated carbocycles. The van der Waals surface area contributed by atoms with Crippen molar-refractivity contribution in [2.24, 2.45) is 5.92 Å². The fourth-order valence-electron chi connectivity index (χ4n) is 1.61. The van der Waals surface area contributed by atoms with Gasteiger partial charge in [-0.15, -0.1) is 0 Å². The van der Waals surface area contributed by atoms with Crippen LogP contribution in [-0.4, -0.2) is 38.5 Å². The summed E-state index contributed by atoms with van der Waals surface area (Å²) in [6.45, 7) is 6.85. The van der Waals surface area contributed by atoms with Crippen molar-refractivity contribution in [3.05, 3.63) is 0 Å². The average Bonchev–Trinajstić information content (AvgIpc) is 2.49. The average molecular weight is 171 g/mol. The van der Waals surface area contributed by atoms with Crippen LogP contribution >= 0.6 is 0 Å². The standard InChI is InChI=1S/C9H17NO2/c1-9(6-10-7-9)12-5-8-2-3-11-4-8/h8,10H,2-7H2,1H3. The van der Waals surface area contributed by atoms with Gasteiger partial charge in [-0.05, 0) is 13.3 Å². The summed E-state index contributed by atoms with van der Waals surface area (Å²) in [5.41, 5.74) is 0.114. The Morgan fingerprint density at radius 3 is 2.92 bits per heavy atom. The van der Waals surface area contributed by atoms with Crippen molar-refractivity contribution in [1.29, 1.82) is 0 Å². The van der Waals surface area contributed by atoms with Crippen LogP contribution in [0.2, 0.25) is 0 Å². The fraction of sp³-hybridized carbons (Fsp3) is 1.00. The van der Waals surface area contributed by atoms with Gasteiger partial charge in [-0.3, -0.25) is 0 Å². The van der Waals surface area contributed by atoms with Crippen LogP contribution in [0.15, 0.2) is 0 Å². The van der Waals surface area contributed by atoms with Gasteiger partial charge in [-0.25, -0.2) is 0 Å². The summed E-state index contributed by atoms with van der Waals surface area (Å²) in [4.78, 5) is 0. The molecule has 0 amide bonds. The van der Waals surface area contributed by atoms with Crippen LogP contribution in [0.5, 0.6) is 0 Å². The van der Waals surface area contributed by atoms with E-state index in [9.17, 15) is 0 Å². The van der Waals surface area contributed by atoms with Crippen molar-refractivity contribution in [2.75, 3.05) is 32.9 Å². The highest BCUT2D eigenvalue weighted by Gasteiger charge is 2.33. The fourth-order valence-corrected chi connectivity index (χ4v) is 1.61. The zero-order valence-electron chi connectivity index (χ0n) is 7.64. The Kier molecular flexibility index (Phi) is 2.35. The molecule has 2 aliphatic heterocycles. The van der Waals surface area contributed by atoms with Gasteiger partial charge in [0.2, 0.25) is 0 Å². The summed E-state index contributed by atoms with van der Waals surface area (Å²) in [5, 5.41) is 3.22. The van der Waals surface area contributed by atoms with E-state index in [-0.39, 0.29) is 5.60 Å². The Bertz CT molecular complexity index is 151. The summed E-state index contributed by atoms with van der Waals surface area (Å²) in [5.74, 6) is 0.641. The first-order valence-corrected chi connectivity index (χ1v) is 4.71. The van der Waals surface area contributed by atoms with Crippen LogP contribution in [0, 0.1) is 5.92 Å². The van der Waals surface area contributed by atoms with E-state index in [1.54, 1.807) is 0 Å². The number of ether oxygens (including phenoxy) is 2. The van der Waals surface area contributed by atoms with Crippen molar-refractivity contribution in [2.45, 2.75) is 18.9 Å². The van der Waals surface area contributed by atoms with Gasteiger partial charge in [0.15, 0.2) is 0 Å². The van der Waals surface area contributed by atoms with Crippen LogP contribution in [-0.2, 0) is 9.47 Å². The number of hydrogen-bond acceptors (Lipinski definition) is 3. The predicted octanol–water partition coefficient (Wildman–Crippen LogP) is 0.401. The second-order valence-corrected chi connectivity index (χ2v) is 4.09. The minimum Gasteiger partial charge on any atom is -0.381 e. The molecule has 1 atom stereocenters. The normalized spacial score (nSPS) is 33.2. The van der Waals surface area contributed by atoms with Crippen LogP contribution in [0.25, 0.3) is 0 Å². The molecule has 0 aromatic rings. The molecular weight excluding hydrogens is 154 g/mol. The van der Waals surface area contributed by atoms with Gasteiger partial charge in [-0.2, -0.15) is 0 Å². The van der Waals surface area contributed by atoms with Crippen molar-refractivity contribution in [3.8, 4) is 0 Å². The van der Waals surface area contributed by atoms with Gasteiger partial charge in [0.05, 0.1) is 18.8 Å². The summed E-state index contributed by atoms with van der Waals surface area (Å²) in [7, 11) is 0. The zero-order chi connectivity index (χ0) is 8.44. The van der Waals surface area contributed by atoms with E-state index in [4.69, 9.17) is 9.47 Å². The first-order chi connectivity index (χ1) is 5.79. The molecule has 1 N–H and O–H groups in total. The van der Waals surface area contributed by atoms with Crippen LogP contribution in [0.4, 0.5) is 0 Å². The Morgan fingerprint density at radius 1 is 1.58 bits per heavy atom. The molecule has 3 nitrogen and oxygen atoms in total. The topological polar surface area (TPSA) is 30.5 Å². The lowest BCUT2D eigenvalue weighted by Gasteiger charge is -2.39. The minimum atomic E-state index is 0.114. The molecule has 3 heteroatoms. The summed E-state index contributed by atoms with van der Waals surface area (Å²) < 4.78 is 11.1. The molecule has 2 fully saturated rings. The predicted molar refractivity (Wildman–Crippen MR) is 46.2 cm³/mol. The molecule has 0 aromatic heterocycles. The zero-order valence-corrected chi connectivity index (χ0v) is 7.64. The van der Waals surface area contributed by atoms with Gasteiger partial charge in [0.1, 0.15) is 0 Å². The summed E-state index contributed by atoms with van der Waals surface area (Å²) >= 11 is 0. The second kappa shape index (κ2) is 3.32. The Labute approximate surface area is 73.4 Å². The highest BCUT2D eigenvalue weighted by Crippen LogP contribution is 2.19. The molecule has 0 aliphatic carbocycles. The van der Waals surface area contributed by atoms with E-state index in [0.717, 1.165) is 32.9 Å². The molecule has 12 heavy (non-hydrogen) atoms. The Balaban J connectivity index is 1.67. The Hall–Kier alpha value is -0.120. The Morgan fingerprint density at radius 2 is 2.42 bits per heavy atom. The van der Waals surface area contributed by atoms with E-state index in [0.29, 0.717) is 5.92 Å². The lowest BCUT2D eigenvalue weighted by atomic mass is 9.99. The molecule has 2 saturated heterocycles. The number of hydrogen-bond donors (Lipinski definition) is 1. The van der Waals surface area contributed by atoms with E-state index in [1.807, 2.05) is 0 Å². The molecule has 2 aliphatic rings. The van der Waals surface area contributed by atoms with Crippen molar-refractivity contribution in [3.63, 3.8) is 0 Å². The van der Waals surface area contributed by atoms with Crippen LogP contribution < -0.4 is 5.32 Å². The lowest BCUT2D eigenvalue weighted by Crippen LogP contribution is -2.59. The third-order valence-corrected chi connectivity index (χ3v) is 2.69. The van der Waals surface area contributed by atoms with Crippen molar-refractivity contribution < 1.29 is 9.47 Å². The SMILES string of the molecule is CC1(OCC2CCOC2)CNC1. The molecule has 0 spiro atoms. The van der Waals surface area contributed by atoms with E-state index in [1.165, 1.54) is 6.42 Å². The van der Waals surface area contributed by atoms with E-state index >= 15 is 0 Å². The lowest BCUT2D eigenvalue weighted by molar-refractivity contribution is -0.0801. The third kappa shape index (κ3) is 1.79. The molecular formula is C9H17NO2. The first-order valence-electron chi connectivity index (χ1n) is 4.71. The maximum Gasteiger partial charge on any atom is 0.0901 e. The smallest absolute Gasteiger partial charge is 0.0901 e. The molecule has 0 radical (unpaired) electrons. The maximum atomic E-state index is 5.81. The first kappa shape index (κ1) is 8.48. The molecule has 2 rings (SSSR count). The largest absolute Gasteiger partial charge is 0.381 e. The molecule has 0 bridgehead atoms. The number of rotatable bonds is 3. The highest BCUT2D eigenvalue weighted by molar-refractivity contribution is 4.90. The van der Waals surface area contributed by atoms with Crippen molar-refractivity contribution in [1.82, 2.24) is 5.32 Å². The highest BCUT2D eigenvalue weighted by atomic mass is 16.5. The minimum absolute atomic E-state index is 0.114. The van der Waals surface area contributed by atoms with Gasteiger partial charge >= 0.3 is 0 Å². The van der Waals surface area contributed by atoms with Gasteiger partial charge in [0, 0.05) is 25.6 Å². The summed E-state index contributed by atoms with van der Waals surface area (Å²) in [6, 6.07) is 0. The van der Waals surface area contributed by atoms with E-state index < -0.39 is 0 Å². The van der Waals surface area contributed by atoms with Gasteiger partial charge in [0.25, 0.3) is 0 Å².